The number of hydrogen-bond donors (Lipinski definition) is 0. The summed E-state index contributed by atoms with van der Waals surface area (Å²) in [6, 6.07) is 10.7. The second-order valence-electron chi connectivity index (χ2n) is 8.47. The standard InChI is InChI=1S/C24H26FN3OS2/c25-19-7-5-18(6-8-19)20-17-31-22(26-20)16-27-11-13-28(14-12-27)23(29)24(9-1-2-10-24)21-4-3-15-30-21/h3-8,15,17H,1-2,9-14,16H2. The van der Waals surface area contributed by atoms with Gasteiger partial charge in [0.15, 0.2) is 0 Å². The fourth-order valence-corrected chi connectivity index (χ4v) is 6.66. The minimum absolute atomic E-state index is 0.231. The van der Waals surface area contributed by atoms with Gasteiger partial charge in [-0.2, -0.15) is 0 Å². The molecule has 5 rings (SSSR count). The smallest absolute Gasteiger partial charge is 0.234 e. The molecule has 1 aromatic carbocycles. The summed E-state index contributed by atoms with van der Waals surface area (Å²) in [5, 5.41) is 5.19. The first-order valence-corrected chi connectivity index (χ1v) is 12.7. The van der Waals surface area contributed by atoms with Gasteiger partial charge in [-0.3, -0.25) is 9.69 Å². The molecule has 3 aromatic rings. The van der Waals surface area contributed by atoms with E-state index in [1.807, 2.05) is 5.38 Å². The minimum Gasteiger partial charge on any atom is -0.339 e. The van der Waals surface area contributed by atoms with Gasteiger partial charge in [-0.05, 0) is 48.6 Å². The minimum atomic E-state index is -0.282. The number of amides is 1. The Labute approximate surface area is 190 Å². The molecule has 0 radical (unpaired) electrons. The van der Waals surface area contributed by atoms with Gasteiger partial charge in [0.2, 0.25) is 5.91 Å². The third-order valence-electron chi connectivity index (χ3n) is 6.57. The molecule has 1 saturated carbocycles. The third-order valence-corrected chi connectivity index (χ3v) is 8.48. The van der Waals surface area contributed by atoms with Gasteiger partial charge in [-0.25, -0.2) is 9.37 Å². The monoisotopic (exact) mass is 455 g/mol. The number of carbonyl (C=O) groups is 1. The summed E-state index contributed by atoms with van der Waals surface area (Å²) >= 11 is 3.37. The number of halogens is 1. The van der Waals surface area contributed by atoms with Gasteiger partial charge < -0.3 is 4.90 Å². The van der Waals surface area contributed by atoms with E-state index >= 15 is 0 Å². The van der Waals surface area contributed by atoms with Crippen molar-refractivity contribution in [2.45, 2.75) is 37.6 Å². The number of benzene rings is 1. The fourth-order valence-electron chi connectivity index (χ4n) is 4.83. The molecule has 1 saturated heterocycles. The predicted octanol–water partition coefficient (Wildman–Crippen LogP) is 5.17. The van der Waals surface area contributed by atoms with Crippen molar-refractivity contribution in [2.24, 2.45) is 0 Å². The molecule has 0 bridgehead atoms. The van der Waals surface area contributed by atoms with Gasteiger partial charge in [-0.15, -0.1) is 22.7 Å². The molecular formula is C24H26FN3OS2. The zero-order valence-corrected chi connectivity index (χ0v) is 19.1. The highest BCUT2D eigenvalue weighted by Crippen LogP contribution is 2.44. The number of piperazine rings is 1. The molecule has 31 heavy (non-hydrogen) atoms. The largest absolute Gasteiger partial charge is 0.339 e. The summed E-state index contributed by atoms with van der Waals surface area (Å²) in [4.78, 5) is 24.0. The maximum atomic E-state index is 13.5. The molecule has 0 N–H and O–H groups in total. The Balaban J connectivity index is 1.20. The van der Waals surface area contributed by atoms with E-state index in [0.717, 1.165) is 74.7 Å². The van der Waals surface area contributed by atoms with Crippen molar-refractivity contribution in [3.05, 3.63) is 62.9 Å². The van der Waals surface area contributed by atoms with Gasteiger partial charge in [0.25, 0.3) is 0 Å². The highest BCUT2D eigenvalue weighted by Gasteiger charge is 2.46. The number of thiophene rings is 1. The van der Waals surface area contributed by atoms with E-state index in [9.17, 15) is 9.18 Å². The van der Waals surface area contributed by atoms with Crippen LogP contribution in [-0.2, 0) is 16.8 Å². The number of nitrogens with zero attached hydrogens (tertiary/aromatic N) is 3. The van der Waals surface area contributed by atoms with Gasteiger partial charge >= 0.3 is 0 Å². The van der Waals surface area contributed by atoms with Crippen LogP contribution in [0.1, 0.15) is 35.6 Å². The van der Waals surface area contributed by atoms with Crippen molar-refractivity contribution in [1.82, 2.24) is 14.8 Å². The van der Waals surface area contributed by atoms with Crippen LogP contribution in [-0.4, -0.2) is 46.9 Å². The quantitative estimate of drug-likeness (QED) is 0.533. The fraction of sp³-hybridized carbons (Fsp3) is 0.417. The molecule has 2 aliphatic rings. The average molecular weight is 456 g/mol. The van der Waals surface area contributed by atoms with Crippen molar-refractivity contribution in [2.75, 3.05) is 26.2 Å². The first-order chi connectivity index (χ1) is 15.1. The average Bonchev–Trinajstić information content (AvgIpc) is 3.56. The topological polar surface area (TPSA) is 36.4 Å². The lowest BCUT2D eigenvalue weighted by molar-refractivity contribution is -0.139. The molecule has 7 heteroatoms. The Kier molecular flexibility index (Phi) is 5.91. The normalized spacial score (nSPS) is 19.1. The van der Waals surface area contributed by atoms with E-state index < -0.39 is 0 Å². The van der Waals surface area contributed by atoms with Crippen molar-refractivity contribution in [3.8, 4) is 11.3 Å². The lowest BCUT2D eigenvalue weighted by Crippen LogP contribution is -2.53. The molecule has 2 aromatic heterocycles. The van der Waals surface area contributed by atoms with Crippen LogP contribution in [0.2, 0.25) is 0 Å². The van der Waals surface area contributed by atoms with Crippen LogP contribution in [0.15, 0.2) is 47.2 Å². The van der Waals surface area contributed by atoms with Gasteiger partial charge in [0.05, 0.1) is 17.7 Å². The zero-order valence-electron chi connectivity index (χ0n) is 17.4. The Bertz CT molecular complexity index is 1020. The van der Waals surface area contributed by atoms with Crippen LogP contribution >= 0.6 is 22.7 Å². The van der Waals surface area contributed by atoms with Gasteiger partial charge in [0.1, 0.15) is 10.8 Å². The maximum absolute atomic E-state index is 13.5. The molecule has 2 fully saturated rings. The van der Waals surface area contributed by atoms with Crippen LogP contribution < -0.4 is 0 Å². The first kappa shape index (κ1) is 20.8. The Morgan fingerprint density at radius 3 is 2.45 bits per heavy atom. The number of carbonyl (C=O) groups excluding carboxylic acids is 1. The lowest BCUT2D eigenvalue weighted by Gasteiger charge is -2.39. The van der Waals surface area contributed by atoms with E-state index in [4.69, 9.17) is 4.98 Å². The number of thiazole rings is 1. The van der Waals surface area contributed by atoms with Crippen molar-refractivity contribution in [3.63, 3.8) is 0 Å². The molecule has 3 heterocycles. The van der Waals surface area contributed by atoms with Crippen LogP contribution in [0.25, 0.3) is 11.3 Å². The summed E-state index contributed by atoms with van der Waals surface area (Å²) in [7, 11) is 0. The second kappa shape index (κ2) is 8.81. The summed E-state index contributed by atoms with van der Waals surface area (Å²) in [6.45, 7) is 4.10. The molecule has 4 nitrogen and oxygen atoms in total. The number of aromatic nitrogens is 1. The molecule has 0 spiro atoms. The van der Waals surface area contributed by atoms with E-state index in [1.165, 1.54) is 17.0 Å². The summed E-state index contributed by atoms with van der Waals surface area (Å²) < 4.78 is 13.2. The predicted molar refractivity (Wildman–Crippen MR) is 124 cm³/mol. The summed E-state index contributed by atoms with van der Waals surface area (Å²) in [5.74, 6) is 0.102. The van der Waals surface area contributed by atoms with Gasteiger partial charge in [0, 0.05) is 42.0 Å². The van der Waals surface area contributed by atoms with Crippen LogP contribution in [0.4, 0.5) is 4.39 Å². The third kappa shape index (κ3) is 4.19. The molecule has 0 atom stereocenters. The first-order valence-electron chi connectivity index (χ1n) is 10.9. The zero-order chi connectivity index (χ0) is 21.3. The molecular weight excluding hydrogens is 429 g/mol. The van der Waals surface area contributed by atoms with Crippen molar-refractivity contribution >= 4 is 28.6 Å². The highest BCUT2D eigenvalue weighted by molar-refractivity contribution is 7.10. The molecule has 162 valence electrons. The number of rotatable bonds is 5. The molecule has 1 amide bonds. The van der Waals surface area contributed by atoms with Crippen LogP contribution in [0, 0.1) is 5.82 Å². The van der Waals surface area contributed by atoms with E-state index in [-0.39, 0.29) is 11.2 Å². The van der Waals surface area contributed by atoms with Gasteiger partial charge in [-0.1, -0.05) is 18.9 Å². The highest BCUT2D eigenvalue weighted by atomic mass is 32.1. The molecule has 1 aliphatic carbocycles. The molecule has 0 unspecified atom stereocenters. The van der Waals surface area contributed by atoms with E-state index in [2.05, 4.69) is 27.3 Å². The van der Waals surface area contributed by atoms with Crippen molar-refractivity contribution < 1.29 is 9.18 Å². The van der Waals surface area contributed by atoms with Crippen molar-refractivity contribution in [1.29, 1.82) is 0 Å². The number of hydrogen-bond acceptors (Lipinski definition) is 5. The van der Waals surface area contributed by atoms with E-state index in [1.54, 1.807) is 34.8 Å². The maximum Gasteiger partial charge on any atom is 0.234 e. The molecule has 1 aliphatic heterocycles. The Morgan fingerprint density at radius 1 is 1.03 bits per heavy atom. The summed E-state index contributed by atoms with van der Waals surface area (Å²) in [6.07, 6.45) is 4.25. The van der Waals surface area contributed by atoms with E-state index in [0.29, 0.717) is 5.91 Å². The lowest BCUT2D eigenvalue weighted by atomic mass is 9.82. The van der Waals surface area contributed by atoms with Crippen LogP contribution in [0.5, 0.6) is 0 Å². The Hall–Kier alpha value is -2.09. The second-order valence-corrected chi connectivity index (χ2v) is 10.4. The Morgan fingerprint density at radius 2 is 1.77 bits per heavy atom. The SMILES string of the molecule is O=C(N1CCN(Cc2nc(-c3ccc(F)cc3)cs2)CC1)C1(c2cccs2)CCCC1. The van der Waals surface area contributed by atoms with Crippen LogP contribution in [0.3, 0.4) is 0 Å². The summed E-state index contributed by atoms with van der Waals surface area (Å²) in [5.41, 5.74) is 1.55.